The average Bonchev–Trinajstić information content (AvgIpc) is 3.34. The van der Waals surface area contributed by atoms with E-state index in [1.54, 1.807) is 11.0 Å². The Hall–Kier alpha value is -2.42. The molecule has 0 aliphatic carbocycles. The second-order valence-corrected chi connectivity index (χ2v) is 5.80. The molecule has 2 heterocycles. The molecular formula is C17H18FN3O2. The van der Waals surface area contributed by atoms with Crippen LogP contribution >= 0.6 is 0 Å². The fourth-order valence-electron chi connectivity index (χ4n) is 2.69. The molecule has 0 fully saturated rings. The molecule has 0 spiro atoms. The van der Waals surface area contributed by atoms with Crippen molar-refractivity contribution in [2.75, 3.05) is 13.2 Å². The molecule has 23 heavy (non-hydrogen) atoms. The van der Waals surface area contributed by atoms with E-state index >= 15 is 0 Å². The van der Waals surface area contributed by atoms with Gasteiger partial charge in [0, 0.05) is 43.9 Å². The van der Waals surface area contributed by atoms with E-state index in [-0.39, 0.29) is 11.7 Å². The van der Waals surface area contributed by atoms with Crippen LogP contribution in [-0.2, 0) is 11.3 Å². The first-order valence-corrected chi connectivity index (χ1v) is 7.68. The van der Waals surface area contributed by atoms with Crippen LogP contribution in [0.1, 0.15) is 31.2 Å². The van der Waals surface area contributed by atoms with Gasteiger partial charge >= 0.3 is 0 Å². The molecule has 1 amide bonds. The van der Waals surface area contributed by atoms with E-state index in [0.29, 0.717) is 51.1 Å². The lowest BCUT2D eigenvalue weighted by atomic mass is 10.0. The normalized spacial score (nSPS) is 17.7. The maximum Gasteiger partial charge on any atom is 0.223 e. The molecule has 3 rings (SSSR count). The number of fused-ring (bicyclic) bond motifs is 1. The van der Waals surface area contributed by atoms with Crippen LogP contribution in [0, 0.1) is 18.2 Å². The van der Waals surface area contributed by atoms with Gasteiger partial charge < -0.3 is 9.64 Å². The Bertz CT molecular complexity index is 675. The molecule has 0 saturated heterocycles. The van der Waals surface area contributed by atoms with E-state index in [1.165, 1.54) is 12.1 Å². The van der Waals surface area contributed by atoms with Gasteiger partial charge in [0.15, 0.2) is 5.66 Å². The Balaban J connectivity index is 1.58. The topological polar surface area (TPSA) is 54.3 Å². The second-order valence-electron chi connectivity index (χ2n) is 5.80. The number of carbonyl (C=O) groups is 1. The predicted molar refractivity (Wildman–Crippen MR) is 82.2 cm³/mol. The molecule has 2 aliphatic rings. The lowest BCUT2D eigenvalue weighted by Gasteiger charge is -2.20. The monoisotopic (exact) mass is 315 g/mol. The van der Waals surface area contributed by atoms with Crippen molar-refractivity contribution in [3.63, 3.8) is 0 Å². The molecule has 1 aromatic carbocycles. The van der Waals surface area contributed by atoms with Gasteiger partial charge in [-0.1, -0.05) is 6.07 Å². The largest absolute Gasteiger partial charge is 0.491 e. The molecule has 6 heteroatoms. The van der Waals surface area contributed by atoms with Crippen molar-refractivity contribution in [2.45, 2.75) is 37.9 Å². The minimum atomic E-state index is -0.439. The first kappa shape index (κ1) is 15.5. The highest BCUT2D eigenvalue weighted by Gasteiger charge is 2.39. The molecule has 0 radical (unpaired) electrons. The Morgan fingerprint density at radius 3 is 3.00 bits per heavy atom. The number of terminal acetylenes is 1. The standard InChI is InChI=1S/C17H18FN3O2/c1-2-3-7-17(19-20-17)8-6-16(22)21-9-10-23-15-11-14(18)5-4-13(15)12-21/h1,4-5,11H,3,6-10,12H2. The van der Waals surface area contributed by atoms with Crippen molar-refractivity contribution in [3.8, 4) is 18.1 Å². The fourth-order valence-corrected chi connectivity index (χ4v) is 2.69. The molecule has 120 valence electrons. The number of hydrogen-bond acceptors (Lipinski definition) is 4. The van der Waals surface area contributed by atoms with Crippen LogP contribution in [0.15, 0.2) is 28.4 Å². The highest BCUT2D eigenvalue weighted by atomic mass is 19.1. The van der Waals surface area contributed by atoms with E-state index in [2.05, 4.69) is 16.1 Å². The summed E-state index contributed by atoms with van der Waals surface area (Å²) < 4.78 is 18.8. The molecule has 0 saturated carbocycles. The Morgan fingerprint density at radius 2 is 2.26 bits per heavy atom. The van der Waals surface area contributed by atoms with Crippen molar-refractivity contribution in [1.82, 2.24) is 4.90 Å². The van der Waals surface area contributed by atoms with E-state index in [0.717, 1.165) is 5.56 Å². The molecule has 0 unspecified atom stereocenters. The number of nitrogens with zero attached hydrogens (tertiary/aromatic N) is 3. The number of hydrogen-bond donors (Lipinski definition) is 0. The van der Waals surface area contributed by atoms with E-state index < -0.39 is 5.66 Å². The summed E-state index contributed by atoms with van der Waals surface area (Å²) in [4.78, 5) is 14.2. The summed E-state index contributed by atoms with van der Waals surface area (Å²) in [6.07, 6.45) is 7.52. The lowest BCUT2D eigenvalue weighted by Crippen LogP contribution is -2.33. The van der Waals surface area contributed by atoms with Gasteiger partial charge in [-0.25, -0.2) is 4.39 Å². The van der Waals surface area contributed by atoms with Crippen molar-refractivity contribution in [3.05, 3.63) is 29.6 Å². The number of halogens is 1. The third-order valence-electron chi connectivity index (χ3n) is 4.15. The van der Waals surface area contributed by atoms with Gasteiger partial charge in [0.25, 0.3) is 0 Å². The number of benzene rings is 1. The third-order valence-corrected chi connectivity index (χ3v) is 4.15. The molecule has 0 bridgehead atoms. The van der Waals surface area contributed by atoms with Crippen molar-refractivity contribution >= 4 is 5.91 Å². The fraction of sp³-hybridized carbons (Fsp3) is 0.471. The molecule has 0 atom stereocenters. The minimum absolute atomic E-state index is 0.0307. The van der Waals surface area contributed by atoms with Crippen LogP contribution < -0.4 is 4.74 Å². The molecule has 1 aromatic rings. The van der Waals surface area contributed by atoms with Gasteiger partial charge in [-0.2, -0.15) is 10.2 Å². The summed E-state index contributed by atoms with van der Waals surface area (Å²) in [7, 11) is 0. The van der Waals surface area contributed by atoms with Crippen LogP contribution in [0.5, 0.6) is 5.75 Å². The number of rotatable bonds is 5. The summed E-state index contributed by atoms with van der Waals surface area (Å²) in [5, 5.41) is 8.09. The van der Waals surface area contributed by atoms with Crippen LogP contribution in [0.25, 0.3) is 0 Å². The first-order chi connectivity index (χ1) is 11.1. The summed E-state index contributed by atoms with van der Waals surface area (Å²) >= 11 is 0. The zero-order chi connectivity index (χ0) is 16.3. The Labute approximate surface area is 134 Å². The van der Waals surface area contributed by atoms with E-state index in [4.69, 9.17) is 11.2 Å². The highest BCUT2D eigenvalue weighted by molar-refractivity contribution is 5.76. The van der Waals surface area contributed by atoms with Crippen LogP contribution in [0.2, 0.25) is 0 Å². The molecule has 0 N–H and O–H groups in total. The summed E-state index contributed by atoms with van der Waals surface area (Å²) in [6.45, 7) is 1.28. The highest BCUT2D eigenvalue weighted by Crippen LogP contribution is 2.37. The van der Waals surface area contributed by atoms with Crippen molar-refractivity contribution in [2.24, 2.45) is 10.2 Å². The quantitative estimate of drug-likeness (QED) is 0.785. The van der Waals surface area contributed by atoms with Crippen LogP contribution in [0.3, 0.4) is 0 Å². The maximum atomic E-state index is 13.2. The van der Waals surface area contributed by atoms with Gasteiger partial charge in [-0.15, -0.1) is 12.3 Å². The zero-order valence-corrected chi connectivity index (χ0v) is 12.8. The van der Waals surface area contributed by atoms with Gasteiger partial charge in [0.05, 0.1) is 6.54 Å². The maximum absolute atomic E-state index is 13.2. The second kappa shape index (κ2) is 6.37. The van der Waals surface area contributed by atoms with Crippen LogP contribution in [0.4, 0.5) is 4.39 Å². The Kier molecular flexibility index (Phi) is 4.28. The zero-order valence-electron chi connectivity index (χ0n) is 12.8. The number of amides is 1. The smallest absolute Gasteiger partial charge is 0.223 e. The first-order valence-electron chi connectivity index (χ1n) is 7.68. The van der Waals surface area contributed by atoms with Gasteiger partial charge in [0.2, 0.25) is 5.91 Å². The van der Waals surface area contributed by atoms with Gasteiger partial charge in [-0.3, -0.25) is 4.79 Å². The van der Waals surface area contributed by atoms with Gasteiger partial charge in [0.1, 0.15) is 18.2 Å². The number of ether oxygens (including phenoxy) is 1. The van der Waals surface area contributed by atoms with Crippen molar-refractivity contribution in [1.29, 1.82) is 0 Å². The average molecular weight is 315 g/mol. The minimum Gasteiger partial charge on any atom is -0.491 e. The van der Waals surface area contributed by atoms with Crippen LogP contribution in [-0.4, -0.2) is 29.6 Å². The van der Waals surface area contributed by atoms with E-state index in [9.17, 15) is 9.18 Å². The summed E-state index contributed by atoms with van der Waals surface area (Å²) in [6, 6.07) is 4.41. The summed E-state index contributed by atoms with van der Waals surface area (Å²) in [5.74, 6) is 2.78. The molecule has 2 aliphatic heterocycles. The Morgan fingerprint density at radius 1 is 1.43 bits per heavy atom. The molecule has 0 aromatic heterocycles. The van der Waals surface area contributed by atoms with E-state index in [1.807, 2.05) is 0 Å². The SMILES string of the molecule is C#CCCC1(CCC(=O)N2CCOc3cc(F)ccc3C2)N=N1. The number of carbonyl (C=O) groups excluding carboxylic acids is 1. The van der Waals surface area contributed by atoms with Gasteiger partial charge in [-0.05, 0) is 6.07 Å². The lowest BCUT2D eigenvalue weighted by molar-refractivity contribution is -0.132. The molecule has 5 nitrogen and oxygen atoms in total. The summed E-state index contributed by atoms with van der Waals surface area (Å²) in [5.41, 5.74) is 0.380. The predicted octanol–water partition coefficient (Wildman–Crippen LogP) is 2.90. The van der Waals surface area contributed by atoms with Crippen molar-refractivity contribution < 1.29 is 13.9 Å². The third kappa shape index (κ3) is 3.67. The molecular weight excluding hydrogens is 297 g/mol.